The van der Waals surface area contributed by atoms with Crippen LogP contribution in [0.1, 0.15) is 31.4 Å². The maximum atomic E-state index is 12.8. The SMILES string of the molecule is C/C(=C\C=C(/C)NCc1ccccc1-c1ccc(C(F)(F)F)cc1)CC(=O)O. The summed E-state index contributed by atoms with van der Waals surface area (Å²) in [6.07, 6.45) is -0.814. The molecule has 2 rings (SSSR count). The summed E-state index contributed by atoms with van der Waals surface area (Å²) in [5, 5.41) is 12.0. The van der Waals surface area contributed by atoms with E-state index in [-0.39, 0.29) is 6.42 Å². The second-order valence-electron chi connectivity index (χ2n) is 6.52. The van der Waals surface area contributed by atoms with Crippen molar-refractivity contribution in [2.45, 2.75) is 33.0 Å². The maximum absolute atomic E-state index is 12.8. The summed E-state index contributed by atoms with van der Waals surface area (Å²) >= 11 is 0. The molecule has 0 atom stereocenters. The zero-order valence-electron chi connectivity index (χ0n) is 15.7. The van der Waals surface area contributed by atoms with E-state index >= 15 is 0 Å². The van der Waals surface area contributed by atoms with Crippen LogP contribution in [0.3, 0.4) is 0 Å². The maximum Gasteiger partial charge on any atom is 0.416 e. The van der Waals surface area contributed by atoms with Gasteiger partial charge in [-0.1, -0.05) is 48.0 Å². The van der Waals surface area contributed by atoms with Crippen LogP contribution in [-0.2, 0) is 17.5 Å². The molecule has 2 N–H and O–H groups in total. The van der Waals surface area contributed by atoms with Crippen molar-refractivity contribution in [3.05, 3.63) is 83.1 Å². The summed E-state index contributed by atoms with van der Waals surface area (Å²) in [6, 6.07) is 12.6. The first kappa shape index (κ1) is 21.3. The molecule has 0 aliphatic rings. The van der Waals surface area contributed by atoms with Gasteiger partial charge in [0, 0.05) is 12.2 Å². The molecular weight excluding hydrogens is 367 g/mol. The van der Waals surface area contributed by atoms with Gasteiger partial charge in [0.2, 0.25) is 0 Å². The molecule has 0 bridgehead atoms. The number of hydrogen-bond acceptors (Lipinski definition) is 2. The summed E-state index contributed by atoms with van der Waals surface area (Å²) < 4.78 is 38.3. The molecule has 0 saturated carbocycles. The number of carboxylic acid groups (broad SMARTS) is 1. The molecule has 2 aromatic rings. The smallest absolute Gasteiger partial charge is 0.416 e. The van der Waals surface area contributed by atoms with Gasteiger partial charge < -0.3 is 10.4 Å². The van der Waals surface area contributed by atoms with E-state index in [2.05, 4.69) is 5.32 Å². The van der Waals surface area contributed by atoms with Gasteiger partial charge in [-0.25, -0.2) is 0 Å². The van der Waals surface area contributed by atoms with E-state index in [0.717, 1.165) is 34.5 Å². The van der Waals surface area contributed by atoms with Crippen LogP contribution in [0.2, 0.25) is 0 Å². The number of aliphatic carboxylic acids is 1. The molecule has 0 aliphatic carbocycles. The second-order valence-corrected chi connectivity index (χ2v) is 6.52. The minimum atomic E-state index is -4.35. The largest absolute Gasteiger partial charge is 0.481 e. The second kappa shape index (κ2) is 9.26. The molecule has 0 saturated heterocycles. The fraction of sp³-hybridized carbons (Fsp3) is 0.227. The van der Waals surface area contributed by atoms with E-state index in [1.807, 2.05) is 31.2 Å². The monoisotopic (exact) mass is 389 g/mol. The summed E-state index contributed by atoms with van der Waals surface area (Å²) in [7, 11) is 0. The third-order valence-electron chi connectivity index (χ3n) is 4.15. The Balaban J connectivity index is 2.13. The lowest BCUT2D eigenvalue weighted by molar-refractivity contribution is -0.138. The number of rotatable bonds is 7. The minimum Gasteiger partial charge on any atom is -0.481 e. The number of carboxylic acids is 1. The van der Waals surface area contributed by atoms with Crippen molar-refractivity contribution >= 4 is 5.97 Å². The predicted octanol–water partition coefficient (Wildman–Crippen LogP) is 5.79. The lowest BCUT2D eigenvalue weighted by Gasteiger charge is -2.13. The van der Waals surface area contributed by atoms with Gasteiger partial charge in [-0.15, -0.1) is 0 Å². The molecule has 0 spiro atoms. The van der Waals surface area contributed by atoms with Crippen molar-refractivity contribution in [1.82, 2.24) is 5.32 Å². The van der Waals surface area contributed by atoms with Crippen molar-refractivity contribution in [2.24, 2.45) is 0 Å². The summed E-state index contributed by atoms with van der Waals surface area (Å²) in [6.45, 7) is 4.11. The van der Waals surface area contributed by atoms with E-state index < -0.39 is 17.7 Å². The summed E-state index contributed by atoms with van der Waals surface area (Å²) in [4.78, 5) is 10.7. The topological polar surface area (TPSA) is 49.3 Å². The van der Waals surface area contributed by atoms with E-state index in [4.69, 9.17) is 5.11 Å². The van der Waals surface area contributed by atoms with Gasteiger partial charge in [-0.05, 0) is 48.7 Å². The fourth-order valence-corrected chi connectivity index (χ4v) is 2.65. The molecule has 0 radical (unpaired) electrons. The highest BCUT2D eigenvalue weighted by Gasteiger charge is 2.30. The van der Waals surface area contributed by atoms with Crippen LogP contribution in [0.15, 0.2) is 72.0 Å². The molecule has 0 amide bonds. The summed E-state index contributed by atoms with van der Waals surface area (Å²) in [5.41, 5.74) is 3.43. The first-order valence-electron chi connectivity index (χ1n) is 8.72. The number of allylic oxidation sites excluding steroid dienone is 3. The molecule has 0 heterocycles. The Bertz CT molecular complexity index is 881. The Morgan fingerprint density at radius 2 is 1.68 bits per heavy atom. The van der Waals surface area contributed by atoms with E-state index in [0.29, 0.717) is 12.1 Å². The lowest BCUT2D eigenvalue weighted by atomic mass is 9.98. The molecule has 0 unspecified atom stereocenters. The van der Waals surface area contributed by atoms with Crippen LogP contribution in [0.5, 0.6) is 0 Å². The molecule has 0 aliphatic heterocycles. The van der Waals surface area contributed by atoms with Crippen molar-refractivity contribution < 1.29 is 23.1 Å². The highest BCUT2D eigenvalue weighted by molar-refractivity contribution is 5.70. The van der Waals surface area contributed by atoms with E-state index in [1.54, 1.807) is 19.1 Å². The first-order chi connectivity index (χ1) is 13.2. The zero-order valence-corrected chi connectivity index (χ0v) is 15.7. The first-order valence-corrected chi connectivity index (χ1v) is 8.72. The van der Waals surface area contributed by atoms with E-state index in [9.17, 15) is 18.0 Å². The van der Waals surface area contributed by atoms with Gasteiger partial charge in [-0.3, -0.25) is 4.79 Å². The van der Waals surface area contributed by atoms with Crippen LogP contribution in [-0.4, -0.2) is 11.1 Å². The molecule has 6 heteroatoms. The van der Waals surface area contributed by atoms with Crippen molar-refractivity contribution in [2.75, 3.05) is 0 Å². The van der Waals surface area contributed by atoms with Crippen LogP contribution >= 0.6 is 0 Å². The van der Waals surface area contributed by atoms with Gasteiger partial charge >= 0.3 is 12.1 Å². The Kier molecular flexibility index (Phi) is 7.04. The van der Waals surface area contributed by atoms with Gasteiger partial charge in [0.15, 0.2) is 0 Å². The number of alkyl halides is 3. The van der Waals surface area contributed by atoms with E-state index in [1.165, 1.54) is 12.1 Å². The number of hydrogen-bond donors (Lipinski definition) is 2. The molecular formula is C22H22F3NO2. The molecule has 0 aromatic heterocycles. The van der Waals surface area contributed by atoms with Crippen molar-refractivity contribution in [1.29, 1.82) is 0 Å². The normalized spacial score (nSPS) is 12.8. The Morgan fingerprint density at radius 3 is 2.29 bits per heavy atom. The average Bonchev–Trinajstić information content (AvgIpc) is 2.64. The fourth-order valence-electron chi connectivity index (χ4n) is 2.65. The molecule has 2 aromatic carbocycles. The third-order valence-corrected chi connectivity index (χ3v) is 4.15. The molecule has 148 valence electrons. The quantitative estimate of drug-likeness (QED) is 0.590. The van der Waals surface area contributed by atoms with Gasteiger partial charge in [0.05, 0.1) is 12.0 Å². The highest BCUT2D eigenvalue weighted by atomic mass is 19.4. The van der Waals surface area contributed by atoms with Gasteiger partial charge in [0.25, 0.3) is 0 Å². The van der Waals surface area contributed by atoms with Crippen LogP contribution in [0.25, 0.3) is 11.1 Å². The Hall–Kier alpha value is -3.02. The van der Waals surface area contributed by atoms with Gasteiger partial charge in [0.1, 0.15) is 0 Å². The zero-order chi connectivity index (χ0) is 20.7. The lowest BCUT2D eigenvalue weighted by Crippen LogP contribution is -2.11. The number of carbonyl (C=O) groups is 1. The van der Waals surface area contributed by atoms with Crippen LogP contribution in [0.4, 0.5) is 13.2 Å². The number of nitrogens with one attached hydrogen (secondary N) is 1. The van der Waals surface area contributed by atoms with Gasteiger partial charge in [-0.2, -0.15) is 13.2 Å². The Morgan fingerprint density at radius 1 is 1.04 bits per heavy atom. The number of halogens is 3. The molecule has 0 fully saturated rings. The predicted molar refractivity (Wildman–Crippen MR) is 103 cm³/mol. The summed E-state index contributed by atoms with van der Waals surface area (Å²) in [5.74, 6) is -0.877. The van der Waals surface area contributed by atoms with Crippen LogP contribution < -0.4 is 5.32 Å². The third kappa shape index (κ3) is 6.30. The highest BCUT2D eigenvalue weighted by Crippen LogP contribution is 2.31. The molecule has 28 heavy (non-hydrogen) atoms. The van der Waals surface area contributed by atoms with Crippen LogP contribution in [0, 0.1) is 0 Å². The molecule has 3 nitrogen and oxygen atoms in total. The van der Waals surface area contributed by atoms with Crippen molar-refractivity contribution in [3.8, 4) is 11.1 Å². The Labute approximate surface area is 162 Å². The van der Waals surface area contributed by atoms with Crippen molar-refractivity contribution in [3.63, 3.8) is 0 Å². The average molecular weight is 389 g/mol. The number of benzene rings is 2. The minimum absolute atomic E-state index is 0.0134. The standard InChI is InChI=1S/C22H22F3NO2/c1-15(13-21(27)28)7-8-16(2)26-14-18-5-3-4-6-20(18)17-9-11-19(12-10-17)22(23,24)25/h3-12,26H,13-14H2,1-2H3,(H,27,28)/b15-7+,16-8+.